The number of hydrogen-bond donors (Lipinski definition) is 1. The third kappa shape index (κ3) is 13.6. The third-order valence-corrected chi connectivity index (χ3v) is 7.30. The fourth-order valence-corrected chi connectivity index (χ4v) is 4.64. The number of carbonyl (C=O) groups is 2. The lowest BCUT2D eigenvalue weighted by Crippen LogP contribution is -2.28. The summed E-state index contributed by atoms with van der Waals surface area (Å²) in [4.78, 5) is 25.1. The molecule has 0 aliphatic heterocycles. The van der Waals surface area contributed by atoms with Crippen LogP contribution in [0.25, 0.3) is 0 Å². The number of unbranched alkanes of at least 4 members (excludes halogenated alkanes) is 6. The first-order chi connectivity index (χ1) is 20.8. The number of benzene rings is 2. The predicted molar refractivity (Wildman–Crippen MR) is 178 cm³/mol. The molecule has 2 aromatic rings. The van der Waals surface area contributed by atoms with E-state index < -0.39 is 6.09 Å². The summed E-state index contributed by atoms with van der Waals surface area (Å²) in [7, 11) is 0. The van der Waals surface area contributed by atoms with Gasteiger partial charge in [0.2, 0.25) is 0 Å². The summed E-state index contributed by atoms with van der Waals surface area (Å²) in [6, 6.07) is 11.4. The van der Waals surface area contributed by atoms with Crippen molar-refractivity contribution in [1.82, 2.24) is 5.32 Å². The van der Waals surface area contributed by atoms with E-state index in [0.717, 1.165) is 80.4 Å². The number of amides is 1. The van der Waals surface area contributed by atoms with Gasteiger partial charge in [0.05, 0.1) is 13.2 Å². The lowest BCUT2D eigenvalue weighted by atomic mass is 9.86. The number of hydrogen-bond acceptors (Lipinski definition) is 6. The van der Waals surface area contributed by atoms with Crippen molar-refractivity contribution in [2.45, 2.75) is 130 Å². The van der Waals surface area contributed by atoms with Crippen LogP contribution in [0, 0.1) is 0 Å². The maximum absolute atomic E-state index is 12.6. The van der Waals surface area contributed by atoms with E-state index in [1.807, 2.05) is 36.4 Å². The van der Waals surface area contributed by atoms with E-state index in [0.29, 0.717) is 37.7 Å². The van der Waals surface area contributed by atoms with E-state index in [2.05, 4.69) is 60.7 Å². The minimum absolute atomic E-state index is 0.178. The molecular weight excluding hydrogens is 554 g/mol. The Morgan fingerprint density at radius 3 is 1.61 bits per heavy atom. The number of esters is 1. The molecule has 7 nitrogen and oxygen atoms in total. The molecule has 0 heterocycles. The molecule has 2 aromatic carbocycles. The molecule has 0 aliphatic rings. The number of ether oxygens (including phenoxy) is 4. The van der Waals surface area contributed by atoms with Crippen LogP contribution in [0.5, 0.6) is 23.0 Å². The van der Waals surface area contributed by atoms with Gasteiger partial charge in [-0.25, -0.2) is 4.79 Å². The Hall–Kier alpha value is -3.22. The van der Waals surface area contributed by atoms with Crippen molar-refractivity contribution in [2.24, 2.45) is 0 Å². The maximum atomic E-state index is 12.6. The molecule has 1 N–H and O–H groups in total. The SMILES string of the molecule is CCCCOc1ccc(OC(=O)CCCCCCCNC(=O)Oc2ccc(OCCCC)cc2C(C)(C)C)c(C(C)(C)C)c1. The molecule has 0 unspecified atom stereocenters. The first-order valence-corrected chi connectivity index (χ1v) is 16.6. The molecular formula is C37H57NO6. The average molecular weight is 612 g/mol. The molecule has 0 fully saturated rings. The lowest BCUT2D eigenvalue weighted by molar-refractivity contribution is -0.134. The second-order valence-electron chi connectivity index (χ2n) is 13.5. The van der Waals surface area contributed by atoms with Gasteiger partial charge in [0.1, 0.15) is 23.0 Å². The highest BCUT2D eigenvalue weighted by atomic mass is 16.6. The van der Waals surface area contributed by atoms with Crippen LogP contribution in [0.4, 0.5) is 4.79 Å². The van der Waals surface area contributed by atoms with Crippen molar-refractivity contribution in [3.05, 3.63) is 47.5 Å². The van der Waals surface area contributed by atoms with Gasteiger partial charge in [-0.1, -0.05) is 87.5 Å². The maximum Gasteiger partial charge on any atom is 0.412 e. The second kappa shape index (κ2) is 18.6. The monoisotopic (exact) mass is 611 g/mol. The molecule has 0 radical (unpaired) electrons. The molecule has 0 aromatic heterocycles. The van der Waals surface area contributed by atoms with Gasteiger partial charge in [0.15, 0.2) is 0 Å². The summed E-state index contributed by atoms with van der Waals surface area (Å²) < 4.78 is 23.1. The number of rotatable bonds is 18. The van der Waals surface area contributed by atoms with Crippen molar-refractivity contribution in [2.75, 3.05) is 19.8 Å². The van der Waals surface area contributed by atoms with Gasteiger partial charge in [0.25, 0.3) is 0 Å². The average Bonchev–Trinajstić information content (AvgIpc) is 2.95. The number of carbonyl (C=O) groups excluding carboxylic acids is 2. The zero-order chi connectivity index (χ0) is 32.6. The van der Waals surface area contributed by atoms with Crippen molar-refractivity contribution in [3.8, 4) is 23.0 Å². The summed E-state index contributed by atoms with van der Waals surface area (Å²) >= 11 is 0. The molecule has 1 amide bonds. The first-order valence-electron chi connectivity index (χ1n) is 16.6. The van der Waals surface area contributed by atoms with E-state index in [-0.39, 0.29) is 16.8 Å². The van der Waals surface area contributed by atoms with Gasteiger partial charge < -0.3 is 24.3 Å². The molecule has 7 heteroatoms. The molecule has 0 aliphatic carbocycles. The third-order valence-electron chi connectivity index (χ3n) is 7.30. The lowest BCUT2D eigenvalue weighted by Gasteiger charge is -2.23. The van der Waals surface area contributed by atoms with Crippen LogP contribution in [-0.4, -0.2) is 31.8 Å². The normalized spacial score (nSPS) is 11.6. The summed E-state index contributed by atoms with van der Waals surface area (Å²) in [6.45, 7) is 18.8. The van der Waals surface area contributed by atoms with E-state index >= 15 is 0 Å². The van der Waals surface area contributed by atoms with Gasteiger partial charge >= 0.3 is 12.1 Å². The van der Waals surface area contributed by atoms with Crippen LogP contribution >= 0.6 is 0 Å². The van der Waals surface area contributed by atoms with Crippen molar-refractivity contribution in [3.63, 3.8) is 0 Å². The van der Waals surface area contributed by atoms with Gasteiger partial charge in [-0.05, 0) is 72.9 Å². The highest BCUT2D eigenvalue weighted by molar-refractivity contribution is 5.73. The van der Waals surface area contributed by atoms with Crippen LogP contribution in [-0.2, 0) is 15.6 Å². The van der Waals surface area contributed by atoms with E-state index in [9.17, 15) is 9.59 Å². The molecule has 0 saturated carbocycles. The zero-order valence-electron chi connectivity index (χ0n) is 28.6. The van der Waals surface area contributed by atoms with E-state index in [1.54, 1.807) is 0 Å². The minimum Gasteiger partial charge on any atom is -0.494 e. The first kappa shape index (κ1) is 37.0. The highest BCUT2D eigenvalue weighted by Gasteiger charge is 2.23. The predicted octanol–water partition coefficient (Wildman–Crippen LogP) is 9.67. The van der Waals surface area contributed by atoms with Crippen LogP contribution < -0.4 is 24.3 Å². The van der Waals surface area contributed by atoms with E-state index in [4.69, 9.17) is 18.9 Å². The minimum atomic E-state index is -0.451. The molecule has 0 bridgehead atoms. The Bertz CT molecular complexity index is 1070. The van der Waals surface area contributed by atoms with Crippen LogP contribution in [0.1, 0.15) is 131 Å². The van der Waals surface area contributed by atoms with Crippen molar-refractivity contribution < 1.29 is 28.5 Å². The molecule has 0 saturated heterocycles. The standard InChI is InChI=1S/C37H57NO6/c1-9-11-24-41-28-19-21-32(30(26-28)36(3,4)5)43-34(39)18-16-14-13-15-17-23-38-35(40)44-33-22-20-29(42-25-12-10-2)27-31(33)37(6,7)8/h19-22,26-27H,9-18,23-25H2,1-8H3,(H,38,40). The summed E-state index contributed by atoms with van der Waals surface area (Å²) in [5, 5.41) is 2.86. The Morgan fingerprint density at radius 2 is 1.11 bits per heavy atom. The Balaban J connectivity index is 1.70. The molecule has 2 rings (SSSR count). The highest BCUT2D eigenvalue weighted by Crippen LogP contribution is 2.36. The van der Waals surface area contributed by atoms with Gasteiger partial charge in [-0.2, -0.15) is 0 Å². The Morgan fingerprint density at radius 1 is 0.636 bits per heavy atom. The smallest absolute Gasteiger partial charge is 0.412 e. The largest absolute Gasteiger partial charge is 0.494 e. The fourth-order valence-electron chi connectivity index (χ4n) is 4.64. The van der Waals surface area contributed by atoms with Crippen molar-refractivity contribution >= 4 is 12.1 Å². The zero-order valence-corrected chi connectivity index (χ0v) is 28.6. The van der Waals surface area contributed by atoms with E-state index in [1.165, 1.54) is 0 Å². The van der Waals surface area contributed by atoms with Crippen LogP contribution in [0.15, 0.2) is 36.4 Å². The molecule has 246 valence electrons. The van der Waals surface area contributed by atoms with Gasteiger partial charge in [-0.15, -0.1) is 0 Å². The fraction of sp³-hybridized carbons (Fsp3) is 0.622. The van der Waals surface area contributed by atoms with Crippen LogP contribution in [0.3, 0.4) is 0 Å². The van der Waals surface area contributed by atoms with Crippen LogP contribution in [0.2, 0.25) is 0 Å². The Labute approximate surface area is 266 Å². The molecule has 0 atom stereocenters. The second-order valence-corrected chi connectivity index (χ2v) is 13.5. The summed E-state index contributed by atoms with van der Waals surface area (Å²) in [5.74, 6) is 2.54. The molecule has 0 spiro atoms. The number of nitrogens with one attached hydrogen (secondary N) is 1. The quantitative estimate of drug-likeness (QED) is 0.103. The topological polar surface area (TPSA) is 83.1 Å². The molecule has 44 heavy (non-hydrogen) atoms. The van der Waals surface area contributed by atoms with Gasteiger partial charge in [-0.3, -0.25) is 4.79 Å². The van der Waals surface area contributed by atoms with Crippen molar-refractivity contribution in [1.29, 1.82) is 0 Å². The Kier molecular flexibility index (Phi) is 15.6. The summed E-state index contributed by atoms with van der Waals surface area (Å²) in [6.07, 6.45) is 8.57. The van der Waals surface area contributed by atoms with Gasteiger partial charge in [0, 0.05) is 24.1 Å². The summed E-state index contributed by atoms with van der Waals surface area (Å²) in [5.41, 5.74) is 1.52.